The van der Waals surface area contributed by atoms with Gasteiger partial charge in [-0.05, 0) is 39.4 Å². The topological polar surface area (TPSA) is 65.0 Å². The SMILES string of the molecule is CC(C)(C)c1cc(-n2nc3ccc(Cl)cc3[n+]2[O-])c(O)c(C(C)(C)C)c1. The number of phenols is 1. The number of aromatic hydroxyl groups is 1. The molecule has 2 aromatic carbocycles. The average molecular weight is 374 g/mol. The van der Waals surface area contributed by atoms with Crippen LogP contribution < -0.4 is 4.85 Å². The summed E-state index contributed by atoms with van der Waals surface area (Å²) in [7, 11) is 0. The fourth-order valence-electron chi connectivity index (χ4n) is 2.91. The zero-order valence-corrected chi connectivity index (χ0v) is 16.7. The van der Waals surface area contributed by atoms with Gasteiger partial charge < -0.3 is 10.3 Å². The highest BCUT2D eigenvalue weighted by Gasteiger charge is 2.28. The molecule has 5 nitrogen and oxygen atoms in total. The third kappa shape index (κ3) is 3.12. The first-order valence-corrected chi connectivity index (χ1v) is 8.94. The number of nitrogens with zero attached hydrogens (tertiary/aromatic N) is 3. The zero-order chi connectivity index (χ0) is 19.4. The Morgan fingerprint density at radius 2 is 1.69 bits per heavy atom. The number of halogens is 1. The Morgan fingerprint density at radius 3 is 2.27 bits per heavy atom. The summed E-state index contributed by atoms with van der Waals surface area (Å²) in [4.78, 5) is 1.86. The summed E-state index contributed by atoms with van der Waals surface area (Å²) in [5.74, 6) is 0.0639. The molecule has 138 valence electrons. The van der Waals surface area contributed by atoms with E-state index in [2.05, 4.69) is 25.9 Å². The molecule has 0 aliphatic heterocycles. The summed E-state index contributed by atoms with van der Waals surface area (Å²) >= 11 is 6.01. The lowest BCUT2D eigenvalue weighted by molar-refractivity contribution is -0.664. The third-order valence-electron chi connectivity index (χ3n) is 4.50. The summed E-state index contributed by atoms with van der Waals surface area (Å²) in [6, 6.07) is 8.79. The van der Waals surface area contributed by atoms with Crippen molar-refractivity contribution in [3.8, 4) is 11.4 Å². The van der Waals surface area contributed by atoms with Crippen LogP contribution in [0.3, 0.4) is 0 Å². The molecule has 1 aromatic heterocycles. The molecule has 0 saturated carbocycles. The van der Waals surface area contributed by atoms with Gasteiger partial charge in [0.05, 0.1) is 5.10 Å². The Labute approximate surface area is 158 Å². The highest BCUT2D eigenvalue weighted by Crippen LogP contribution is 2.39. The van der Waals surface area contributed by atoms with Gasteiger partial charge in [0.15, 0.2) is 11.4 Å². The molecule has 0 aliphatic carbocycles. The van der Waals surface area contributed by atoms with E-state index >= 15 is 0 Å². The molecule has 3 rings (SSSR count). The van der Waals surface area contributed by atoms with E-state index in [4.69, 9.17) is 11.6 Å². The standard InChI is InChI=1S/C20H24ClN3O2/c1-19(2,3)12-9-14(20(4,5)6)18(25)17(10-12)23-22-15-8-7-13(21)11-16(15)24(23)26/h7-11,25H,1-6H3. The van der Waals surface area contributed by atoms with Gasteiger partial charge in [-0.1, -0.05) is 59.2 Å². The Morgan fingerprint density at radius 1 is 1.04 bits per heavy atom. The van der Waals surface area contributed by atoms with E-state index < -0.39 is 0 Å². The van der Waals surface area contributed by atoms with Gasteiger partial charge in [0.25, 0.3) is 0 Å². The van der Waals surface area contributed by atoms with Crippen LogP contribution in [0.1, 0.15) is 52.7 Å². The van der Waals surface area contributed by atoms with Crippen molar-refractivity contribution in [1.82, 2.24) is 9.90 Å². The molecule has 0 radical (unpaired) electrons. The molecular weight excluding hydrogens is 350 g/mol. The first kappa shape index (κ1) is 18.5. The van der Waals surface area contributed by atoms with E-state index in [1.165, 1.54) is 4.80 Å². The van der Waals surface area contributed by atoms with Gasteiger partial charge in [-0.25, -0.2) is 0 Å². The van der Waals surface area contributed by atoms with E-state index in [0.717, 1.165) is 11.1 Å². The van der Waals surface area contributed by atoms with Crippen LogP contribution in [0.5, 0.6) is 5.75 Å². The molecule has 0 aliphatic rings. The van der Waals surface area contributed by atoms with E-state index in [1.807, 2.05) is 32.9 Å². The summed E-state index contributed by atoms with van der Waals surface area (Å²) in [5, 5.41) is 28.6. The van der Waals surface area contributed by atoms with Gasteiger partial charge in [0.1, 0.15) is 0 Å². The molecule has 0 unspecified atom stereocenters. The highest BCUT2D eigenvalue weighted by atomic mass is 35.5. The molecule has 1 N–H and O–H groups in total. The van der Waals surface area contributed by atoms with Crippen molar-refractivity contribution in [3.05, 3.63) is 51.7 Å². The highest BCUT2D eigenvalue weighted by molar-refractivity contribution is 6.31. The molecular formula is C20H24ClN3O2. The van der Waals surface area contributed by atoms with Crippen LogP contribution >= 0.6 is 11.6 Å². The van der Waals surface area contributed by atoms with Crippen molar-refractivity contribution < 1.29 is 9.95 Å². The van der Waals surface area contributed by atoms with Gasteiger partial charge >= 0.3 is 0 Å². The van der Waals surface area contributed by atoms with Gasteiger partial charge in [0.2, 0.25) is 11.0 Å². The molecule has 0 saturated heterocycles. The minimum atomic E-state index is -0.288. The fourth-order valence-corrected chi connectivity index (χ4v) is 3.07. The maximum atomic E-state index is 12.8. The Hall–Kier alpha value is -2.27. The molecule has 3 aromatic rings. The third-order valence-corrected chi connectivity index (χ3v) is 4.73. The Kier molecular flexibility index (Phi) is 4.19. The first-order chi connectivity index (χ1) is 11.9. The first-order valence-electron chi connectivity index (χ1n) is 8.56. The van der Waals surface area contributed by atoms with Crippen molar-refractivity contribution in [1.29, 1.82) is 0 Å². The number of phenolic OH excluding ortho intramolecular Hbond substituents is 1. The molecule has 0 fully saturated rings. The van der Waals surface area contributed by atoms with Crippen LogP contribution in [0.15, 0.2) is 30.3 Å². The van der Waals surface area contributed by atoms with Crippen molar-refractivity contribution >= 4 is 22.6 Å². The molecule has 0 amide bonds. The quantitative estimate of drug-likeness (QED) is 0.500. The van der Waals surface area contributed by atoms with Crippen molar-refractivity contribution in [2.45, 2.75) is 52.4 Å². The van der Waals surface area contributed by atoms with Gasteiger partial charge in [-0.3, -0.25) is 0 Å². The van der Waals surface area contributed by atoms with Crippen LogP contribution in [0.25, 0.3) is 16.7 Å². The van der Waals surface area contributed by atoms with Gasteiger partial charge in [-0.2, -0.15) is 0 Å². The molecule has 0 atom stereocenters. The van der Waals surface area contributed by atoms with Crippen molar-refractivity contribution in [2.75, 3.05) is 0 Å². The second-order valence-electron chi connectivity index (χ2n) is 8.69. The predicted molar refractivity (Wildman–Crippen MR) is 104 cm³/mol. The van der Waals surface area contributed by atoms with Crippen LogP contribution in [-0.4, -0.2) is 15.0 Å². The Bertz CT molecular complexity index is 995. The number of fused-ring (bicyclic) bond motifs is 1. The van der Waals surface area contributed by atoms with Gasteiger partial charge in [-0.15, -0.1) is 4.85 Å². The summed E-state index contributed by atoms with van der Waals surface area (Å²) in [6.07, 6.45) is 0. The normalized spacial score (nSPS) is 12.7. The number of hydrogen-bond donors (Lipinski definition) is 1. The van der Waals surface area contributed by atoms with Crippen LogP contribution in [0.4, 0.5) is 0 Å². The lowest BCUT2D eigenvalue weighted by atomic mass is 9.80. The van der Waals surface area contributed by atoms with Crippen LogP contribution in [0.2, 0.25) is 5.02 Å². The number of benzene rings is 2. The summed E-state index contributed by atoms with van der Waals surface area (Å²) in [5.41, 5.74) is 2.60. The maximum absolute atomic E-state index is 12.8. The zero-order valence-electron chi connectivity index (χ0n) is 16.0. The second kappa shape index (κ2) is 5.88. The van der Waals surface area contributed by atoms with E-state index in [-0.39, 0.29) is 16.6 Å². The monoisotopic (exact) mass is 373 g/mol. The average Bonchev–Trinajstić information content (AvgIpc) is 2.82. The van der Waals surface area contributed by atoms with Gasteiger partial charge in [0, 0.05) is 16.7 Å². The maximum Gasteiger partial charge on any atom is 0.250 e. The minimum absolute atomic E-state index is 0.0639. The Balaban J connectivity index is 2.36. The predicted octanol–water partition coefficient (Wildman–Crippen LogP) is 4.61. The number of hydrogen-bond acceptors (Lipinski definition) is 3. The lowest BCUT2D eigenvalue weighted by Gasteiger charge is -2.26. The largest absolute Gasteiger partial charge is 0.692 e. The smallest absolute Gasteiger partial charge is 0.250 e. The summed E-state index contributed by atoms with van der Waals surface area (Å²) in [6.45, 7) is 12.4. The molecule has 1 heterocycles. The number of rotatable bonds is 1. The molecule has 6 heteroatoms. The lowest BCUT2D eigenvalue weighted by Crippen LogP contribution is -2.37. The van der Waals surface area contributed by atoms with Crippen LogP contribution in [0, 0.1) is 5.21 Å². The van der Waals surface area contributed by atoms with Crippen molar-refractivity contribution in [2.24, 2.45) is 0 Å². The van der Waals surface area contributed by atoms with E-state index in [9.17, 15) is 10.3 Å². The second-order valence-corrected chi connectivity index (χ2v) is 9.12. The van der Waals surface area contributed by atoms with E-state index in [1.54, 1.807) is 18.2 Å². The molecule has 0 bridgehead atoms. The minimum Gasteiger partial charge on any atom is -0.692 e. The summed E-state index contributed by atoms with van der Waals surface area (Å²) < 4.78 is 0. The molecule has 0 spiro atoms. The molecule has 26 heavy (non-hydrogen) atoms. The van der Waals surface area contributed by atoms with E-state index in [0.29, 0.717) is 26.6 Å². The fraction of sp³-hybridized carbons (Fsp3) is 0.400. The number of aromatic nitrogens is 3. The van der Waals surface area contributed by atoms with Crippen LogP contribution in [-0.2, 0) is 10.8 Å². The van der Waals surface area contributed by atoms with Crippen molar-refractivity contribution in [3.63, 3.8) is 0 Å².